The van der Waals surface area contributed by atoms with Crippen LogP contribution in [0.3, 0.4) is 0 Å². The molecule has 0 fully saturated rings. The largest absolute Gasteiger partial charge is 0.497 e. The van der Waals surface area contributed by atoms with E-state index < -0.39 is 0 Å². The molecule has 94 valence electrons. The molecule has 2 aromatic carbocycles. The van der Waals surface area contributed by atoms with Gasteiger partial charge in [0.2, 0.25) is 0 Å². The van der Waals surface area contributed by atoms with Gasteiger partial charge in [0.15, 0.2) is 0 Å². The molecule has 1 heterocycles. The van der Waals surface area contributed by atoms with E-state index in [2.05, 4.69) is 48.3 Å². The van der Waals surface area contributed by atoms with Crippen molar-refractivity contribution in [2.45, 2.75) is 6.92 Å². The van der Waals surface area contributed by atoms with Crippen LogP contribution in [0.25, 0.3) is 22.0 Å². The summed E-state index contributed by atoms with van der Waals surface area (Å²) >= 11 is 0. The van der Waals surface area contributed by atoms with Gasteiger partial charge in [0.1, 0.15) is 5.75 Å². The maximum absolute atomic E-state index is 5.20. The van der Waals surface area contributed by atoms with Gasteiger partial charge in [-0.1, -0.05) is 23.8 Å². The molecule has 0 aliphatic carbocycles. The third kappa shape index (κ3) is 2.17. The highest BCUT2D eigenvalue weighted by atomic mass is 16.5. The third-order valence-electron chi connectivity index (χ3n) is 3.30. The van der Waals surface area contributed by atoms with E-state index in [9.17, 15) is 0 Å². The summed E-state index contributed by atoms with van der Waals surface area (Å²) in [5, 5.41) is 1.19. The van der Waals surface area contributed by atoms with Crippen LogP contribution in [0.2, 0.25) is 0 Å². The number of aryl methyl sites for hydroxylation is 1. The normalized spacial score (nSPS) is 10.6. The highest BCUT2D eigenvalue weighted by Crippen LogP contribution is 2.29. The highest BCUT2D eigenvalue weighted by molar-refractivity contribution is 5.94. The van der Waals surface area contributed by atoms with Crippen molar-refractivity contribution in [3.05, 3.63) is 60.3 Å². The highest BCUT2D eigenvalue weighted by Gasteiger charge is 2.05. The molecule has 0 bridgehead atoms. The second-order valence-electron chi connectivity index (χ2n) is 4.61. The minimum Gasteiger partial charge on any atom is -0.497 e. The SMILES string of the molecule is COc1ccc(-c2ccnc3ccc(C)cc23)cc1. The van der Waals surface area contributed by atoms with Crippen LogP contribution in [0.5, 0.6) is 5.75 Å². The lowest BCUT2D eigenvalue weighted by Crippen LogP contribution is -1.86. The van der Waals surface area contributed by atoms with Crippen LogP contribution in [0.4, 0.5) is 0 Å². The summed E-state index contributed by atoms with van der Waals surface area (Å²) in [6, 6.07) is 16.5. The van der Waals surface area contributed by atoms with E-state index >= 15 is 0 Å². The Balaban J connectivity index is 2.20. The minimum atomic E-state index is 0.873. The number of benzene rings is 2. The Morgan fingerprint density at radius 2 is 1.74 bits per heavy atom. The quantitative estimate of drug-likeness (QED) is 0.678. The summed E-state index contributed by atoms with van der Waals surface area (Å²) < 4.78 is 5.20. The minimum absolute atomic E-state index is 0.873. The molecule has 19 heavy (non-hydrogen) atoms. The van der Waals surface area contributed by atoms with Crippen LogP contribution in [0.1, 0.15) is 5.56 Å². The van der Waals surface area contributed by atoms with Gasteiger partial charge < -0.3 is 4.74 Å². The molecule has 0 amide bonds. The molecule has 2 nitrogen and oxygen atoms in total. The van der Waals surface area contributed by atoms with E-state index in [4.69, 9.17) is 4.74 Å². The first-order valence-corrected chi connectivity index (χ1v) is 6.28. The maximum Gasteiger partial charge on any atom is 0.118 e. The monoisotopic (exact) mass is 249 g/mol. The number of hydrogen-bond donors (Lipinski definition) is 0. The first-order valence-electron chi connectivity index (χ1n) is 6.28. The van der Waals surface area contributed by atoms with Crippen molar-refractivity contribution < 1.29 is 4.74 Å². The molecular formula is C17H15NO. The molecule has 3 aromatic rings. The third-order valence-corrected chi connectivity index (χ3v) is 3.30. The smallest absolute Gasteiger partial charge is 0.118 e. The van der Waals surface area contributed by atoms with Gasteiger partial charge in [-0.3, -0.25) is 4.98 Å². The standard InChI is InChI=1S/C17H15NO/c1-12-3-8-17-16(11-12)15(9-10-18-17)13-4-6-14(19-2)7-5-13/h3-11H,1-2H3. The lowest BCUT2D eigenvalue weighted by Gasteiger charge is -2.08. The number of nitrogens with zero attached hydrogens (tertiary/aromatic N) is 1. The number of aromatic nitrogens is 1. The number of hydrogen-bond acceptors (Lipinski definition) is 2. The Morgan fingerprint density at radius 1 is 0.947 bits per heavy atom. The summed E-state index contributed by atoms with van der Waals surface area (Å²) in [4.78, 5) is 4.42. The Kier molecular flexibility index (Phi) is 2.92. The molecule has 0 aliphatic rings. The Bertz CT molecular complexity index is 717. The zero-order valence-electron chi connectivity index (χ0n) is 11.1. The molecule has 0 spiro atoms. The van der Waals surface area contributed by atoms with Crippen molar-refractivity contribution in [1.82, 2.24) is 4.98 Å². The topological polar surface area (TPSA) is 22.1 Å². The predicted molar refractivity (Wildman–Crippen MR) is 78.5 cm³/mol. The zero-order valence-corrected chi connectivity index (χ0v) is 11.1. The van der Waals surface area contributed by atoms with E-state index in [1.807, 2.05) is 18.3 Å². The van der Waals surface area contributed by atoms with Crippen LogP contribution in [-0.4, -0.2) is 12.1 Å². The molecular weight excluding hydrogens is 234 g/mol. The number of ether oxygens (including phenoxy) is 1. The first-order chi connectivity index (χ1) is 9.28. The van der Waals surface area contributed by atoms with Gasteiger partial charge in [-0.15, -0.1) is 0 Å². The average Bonchev–Trinajstić information content (AvgIpc) is 2.47. The summed E-state index contributed by atoms with van der Waals surface area (Å²) in [5.41, 5.74) is 4.66. The average molecular weight is 249 g/mol. The van der Waals surface area contributed by atoms with E-state index in [1.54, 1.807) is 7.11 Å². The van der Waals surface area contributed by atoms with Crippen molar-refractivity contribution in [1.29, 1.82) is 0 Å². The van der Waals surface area contributed by atoms with E-state index in [-0.39, 0.29) is 0 Å². The molecule has 0 aliphatic heterocycles. The number of fused-ring (bicyclic) bond motifs is 1. The van der Waals surface area contributed by atoms with Gasteiger partial charge in [0.25, 0.3) is 0 Å². The summed E-state index contributed by atoms with van der Waals surface area (Å²) in [5.74, 6) is 0.873. The second kappa shape index (κ2) is 4.73. The maximum atomic E-state index is 5.20. The van der Waals surface area contributed by atoms with Crippen molar-refractivity contribution in [2.24, 2.45) is 0 Å². The molecule has 0 saturated heterocycles. The molecule has 3 rings (SSSR count). The van der Waals surface area contributed by atoms with Gasteiger partial charge in [0, 0.05) is 11.6 Å². The number of pyridine rings is 1. The van der Waals surface area contributed by atoms with E-state index in [0.717, 1.165) is 11.3 Å². The second-order valence-corrected chi connectivity index (χ2v) is 4.61. The fourth-order valence-corrected chi connectivity index (χ4v) is 2.28. The number of methoxy groups -OCH3 is 1. The van der Waals surface area contributed by atoms with Crippen LogP contribution in [0.15, 0.2) is 54.7 Å². The lowest BCUT2D eigenvalue weighted by atomic mass is 10.00. The Morgan fingerprint density at radius 3 is 2.47 bits per heavy atom. The molecule has 0 N–H and O–H groups in total. The molecule has 0 radical (unpaired) electrons. The first kappa shape index (κ1) is 11.7. The van der Waals surface area contributed by atoms with Crippen molar-refractivity contribution in [3.8, 4) is 16.9 Å². The van der Waals surface area contributed by atoms with Gasteiger partial charge in [-0.25, -0.2) is 0 Å². The van der Waals surface area contributed by atoms with Crippen LogP contribution >= 0.6 is 0 Å². The van der Waals surface area contributed by atoms with Gasteiger partial charge in [-0.2, -0.15) is 0 Å². The Labute approximate surface area is 112 Å². The van der Waals surface area contributed by atoms with E-state index in [0.29, 0.717) is 0 Å². The Hall–Kier alpha value is -2.35. The number of rotatable bonds is 2. The van der Waals surface area contributed by atoms with Gasteiger partial charge in [-0.05, 0) is 48.4 Å². The van der Waals surface area contributed by atoms with Crippen molar-refractivity contribution >= 4 is 10.9 Å². The summed E-state index contributed by atoms with van der Waals surface area (Å²) in [7, 11) is 1.68. The van der Waals surface area contributed by atoms with Gasteiger partial charge >= 0.3 is 0 Å². The molecule has 0 unspecified atom stereocenters. The van der Waals surface area contributed by atoms with E-state index in [1.165, 1.54) is 22.1 Å². The molecule has 0 saturated carbocycles. The molecule has 1 aromatic heterocycles. The molecule has 0 atom stereocenters. The summed E-state index contributed by atoms with van der Waals surface area (Å²) in [6.45, 7) is 2.10. The molecule has 2 heteroatoms. The van der Waals surface area contributed by atoms with Crippen molar-refractivity contribution in [2.75, 3.05) is 7.11 Å². The fourth-order valence-electron chi connectivity index (χ4n) is 2.28. The lowest BCUT2D eigenvalue weighted by molar-refractivity contribution is 0.415. The fraction of sp³-hybridized carbons (Fsp3) is 0.118. The summed E-state index contributed by atoms with van der Waals surface area (Å²) in [6.07, 6.45) is 1.86. The van der Waals surface area contributed by atoms with Gasteiger partial charge in [0.05, 0.1) is 12.6 Å². The zero-order chi connectivity index (χ0) is 13.2. The predicted octanol–water partition coefficient (Wildman–Crippen LogP) is 4.22. The van der Waals surface area contributed by atoms with Crippen LogP contribution < -0.4 is 4.74 Å². The van der Waals surface area contributed by atoms with Crippen LogP contribution in [-0.2, 0) is 0 Å². The van der Waals surface area contributed by atoms with Crippen LogP contribution in [0, 0.1) is 6.92 Å². The van der Waals surface area contributed by atoms with Crippen molar-refractivity contribution in [3.63, 3.8) is 0 Å².